The van der Waals surface area contributed by atoms with Crippen LogP contribution in [0.1, 0.15) is 17.3 Å². The highest BCUT2D eigenvalue weighted by Gasteiger charge is 2.15. The van der Waals surface area contributed by atoms with E-state index < -0.39 is 11.8 Å². The molecule has 0 saturated carbocycles. The molecular weight excluding hydrogens is 319 g/mol. The van der Waals surface area contributed by atoms with E-state index in [0.717, 1.165) is 0 Å². The van der Waals surface area contributed by atoms with Crippen molar-refractivity contribution in [2.75, 3.05) is 6.61 Å². The highest BCUT2D eigenvalue weighted by atomic mass is 79.9. The van der Waals surface area contributed by atoms with Gasteiger partial charge in [0.25, 0.3) is 0 Å². The first-order valence-corrected chi connectivity index (χ1v) is 5.46. The number of benzene rings is 1. The van der Waals surface area contributed by atoms with Gasteiger partial charge in [-0.1, -0.05) is 15.9 Å². The first-order valence-electron chi connectivity index (χ1n) is 3.88. The zero-order valence-electron chi connectivity index (χ0n) is 7.31. The van der Waals surface area contributed by atoms with Crippen molar-refractivity contribution in [3.8, 4) is 0 Å². The summed E-state index contributed by atoms with van der Waals surface area (Å²) in [5.41, 5.74) is 0.179. The summed E-state index contributed by atoms with van der Waals surface area (Å²) in [6, 6.07) is 2.78. The molecule has 0 unspecified atom stereocenters. The predicted molar refractivity (Wildman–Crippen MR) is 57.8 cm³/mol. The van der Waals surface area contributed by atoms with E-state index in [1.807, 2.05) is 0 Å². The maximum atomic E-state index is 13.2. The number of hydrogen-bond acceptors (Lipinski definition) is 2. The van der Waals surface area contributed by atoms with Crippen LogP contribution in [0.5, 0.6) is 0 Å². The van der Waals surface area contributed by atoms with Crippen LogP contribution >= 0.6 is 31.9 Å². The fraction of sp³-hybridized carbons (Fsp3) is 0.222. The topological polar surface area (TPSA) is 26.3 Å². The molecule has 0 atom stereocenters. The lowest BCUT2D eigenvalue weighted by atomic mass is 10.2. The molecule has 0 amide bonds. The van der Waals surface area contributed by atoms with Crippen LogP contribution in [0.25, 0.3) is 0 Å². The van der Waals surface area contributed by atoms with Crippen molar-refractivity contribution in [1.29, 1.82) is 0 Å². The van der Waals surface area contributed by atoms with Crippen LogP contribution in [-0.2, 0) is 4.74 Å². The maximum Gasteiger partial charge on any atom is 0.339 e. The van der Waals surface area contributed by atoms with E-state index in [9.17, 15) is 9.18 Å². The molecule has 0 aliphatic rings. The standard InChI is InChI=1S/C9H7Br2FO2/c1-2-14-9(13)6-3-5(10)4-7(12)8(6)11/h3-4H,2H2,1H3. The fourth-order valence-electron chi connectivity index (χ4n) is 0.913. The van der Waals surface area contributed by atoms with E-state index in [4.69, 9.17) is 4.74 Å². The highest BCUT2D eigenvalue weighted by molar-refractivity contribution is 9.11. The molecule has 1 aromatic carbocycles. The zero-order valence-corrected chi connectivity index (χ0v) is 10.5. The number of carbonyl (C=O) groups excluding carboxylic acids is 1. The minimum Gasteiger partial charge on any atom is -0.462 e. The molecule has 0 saturated heterocycles. The van der Waals surface area contributed by atoms with E-state index >= 15 is 0 Å². The van der Waals surface area contributed by atoms with Crippen molar-refractivity contribution in [2.24, 2.45) is 0 Å². The molecular formula is C9H7Br2FO2. The lowest BCUT2D eigenvalue weighted by Gasteiger charge is -2.05. The largest absolute Gasteiger partial charge is 0.462 e. The van der Waals surface area contributed by atoms with Crippen LogP contribution < -0.4 is 0 Å². The Labute approximate surface area is 97.7 Å². The molecule has 1 aromatic rings. The number of carbonyl (C=O) groups is 1. The summed E-state index contributed by atoms with van der Waals surface area (Å²) in [4.78, 5) is 11.3. The summed E-state index contributed by atoms with van der Waals surface area (Å²) in [7, 11) is 0. The van der Waals surface area contributed by atoms with Crippen molar-refractivity contribution in [2.45, 2.75) is 6.92 Å². The Morgan fingerprint density at radius 1 is 1.50 bits per heavy atom. The quantitative estimate of drug-likeness (QED) is 0.614. The van der Waals surface area contributed by atoms with Crippen LogP contribution in [-0.4, -0.2) is 12.6 Å². The molecule has 0 heterocycles. The van der Waals surface area contributed by atoms with Crippen LogP contribution in [0, 0.1) is 5.82 Å². The van der Waals surface area contributed by atoms with Crippen molar-refractivity contribution >= 4 is 37.8 Å². The smallest absolute Gasteiger partial charge is 0.339 e. The van der Waals surface area contributed by atoms with Crippen LogP contribution in [0.2, 0.25) is 0 Å². The first-order chi connectivity index (χ1) is 6.56. The molecule has 2 nitrogen and oxygen atoms in total. The van der Waals surface area contributed by atoms with Gasteiger partial charge in [-0.25, -0.2) is 9.18 Å². The second-order valence-corrected chi connectivity index (χ2v) is 4.18. The molecule has 0 fully saturated rings. The van der Waals surface area contributed by atoms with E-state index in [1.54, 1.807) is 6.92 Å². The molecule has 14 heavy (non-hydrogen) atoms. The Bertz CT molecular complexity index is 366. The third-order valence-corrected chi connectivity index (χ3v) is 2.75. The van der Waals surface area contributed by atoms with Crippen molar-refractivity contribution in [3.05, 3.63) is 32.5 Å². The van der Waals surface area contributed by atoms with Crippen molar-refractivity contribution in [3.63, 3.8) is 0 Å². The van der Waals surface area contributed by atoms with E-state index in [2.05, 4.69) is 31.9 Å². The summed E-state index contributed by atoms with van der Waals surface area (Å²) in [6.07, 6.45) is 0. The molecule has 1 rings (SSSR count). The van der Waals surface area contributed by atoms with Gasteiger partial charge in [-0.2, -0.15) is 0 Å². The summed E-state index contributed by atoms with van der Waals surface area (Å²) in [5, 5.41) is 0. The monoisotopic (exact) mass is 324 g/mol. The molecule has 0 aromatic heterocycles. The van der Waals surface area contributed by atoms with E-state index in [1.165, 1.54) is 12.1 Å². The maximum absolute atomic E-state index is 13.2. The number of halogens is 3. The van der Waals surface area contributed by atoms with Gasteiger partial charge in [0, 0.05) is 4.47 Å². The van der Waals surface area contributed by atoms with Crippen LogP contribution in [0.15, 0.2) is 21.1 Å². The summed E-state index contributed by atoms with van der Waals surface area (Å²) < 4.78 is 18.5. The fourth-order valence-corrected chi connectivity index (χ4v) is 1.73. The summed E-state index contributed by atoms with van der Waals surface area (Å²) in [6.45, 7) is 1.96. The average molecular weight is 326 g/mol. The Hall–Kier alpha value is -0.420. The van der Waals surface area contributed by atoms with Gasteiger partial charge >= 0.3 is 5.97 Å². The normalized spacial score (nSPS) is 10.0. The van der Waals surface area contributed by atoms with Gasteiger partial charge in [-0.3, -0.25) is 0 Å². The van der Waals surface area contributed by atoms with Crippen molar-refractivity contribution in [1.82, 2.24) is 0 Å². The minimum absolute atomic E-state index is 0.124. The minimum atomic E-state index is -0.542. The molecule has 0 spiro atoms. The van der Waals surface area contributed by atoms with E-state index in [-0.39, 0.29) is 16.6 Å². The van der Waals surface area contributed by atoms with Crippen LogP contribution in [0.4, 0.5) is 4.39 Å². The Balaban J connectivity index is 3.13. The Kier molecular flexibility index (Phi) is 4.07. The third kappa shape index (κ3) is 2.54. The van der Waals surface area contributed by atoms with Gasteiger partial charge in [0.05, 0.1) is 16.6 Å². The predicted octanol–water partition coefficient (Wildman–Crippen LogP) is 3.53. The lowest BCUT2D eigenvalue weighted by molar-refractivity contribution is 0.0524. The SMILES string of the molecule is CCOC(=O)c1cc(Br)cc(F)c1Br. The summed E-state index contributed by atoms with van der Waals surface area (Å²) in [5.74, 6) is -1.04. The lowest BCUT2D eigenvalue weighted by Crippen LogP contribution is -2.06. The Morgan fingerprint density at radius 3 is 2.71 bits per heavy atom. The summed E-state index contributed by atoms with van der Waals surface area (Å²) >= 11 is 6.09. The van der Waals surface area contributed by atoms with Gasteiger partial charge in [0.2, 0.25) is 0 Å². The molecule has 5 heteroatoms. The molecule has 0 N–H and O–H groups in total. The third-order valence-electron chi connectivity index (χ3n) is 1.49. The number of rotatable bonds is 2. The number of ether oxygens (including phenoxy) is 1. The molecule has 76 valence electrons. The van der Waals surface area contributed by atoms with Gasteiger partial charge < -0.3 is 4.74 Å². The highest BCUT2D eigenvalue weighted by Crippen LogP contribution is 2.25. The molecule has 0 radical (unpaired) electrons. The van der Waals surface area contributed by atoms with Gasteiger partial charge in [-0.05, 0) is 35.0 Å². The number of esters is 1. The van der Waals surface area contributed by atoms with Crippen molar-refractivity contribution < 1.29 is 13.9 Å². The molecule has 0 bridgehead atoms. The van der Waals surface area contributed by atoms with E-state index in [0.29, 0.717) is 4.47 Å². The van der Waals surface area contributed by atoms with Gasteiger partial charge in [-0.15, -0.1) is 0 Å². The second kappa shape index (κ2) is 4.89. The van der Waals surface area contributed by atoms with Gasteiger partial charge in [0.15, 0.2) is 0 Å². The first kappa shape index (κ1) is 11.7. The average Bonchev–Trinajstić information content (AvgIpc) is 2.11. The number of hydrogen-bond donors (Lipinski definition) is 0. The zero-order chi connectivity index (χ0) is 10.7. The second-order valence-electron chi connectivity index (χ2n) is 2.47. The molecule has 0 aliphatic heterocycles. The van der Waals surface area contributed by atoms with Crippen LogP contribution in [0.3, 0.4) is 0 Å². The Morgan fingerprint density at radius 2 is 2.14 bits per heavy atom. The van der Waals surface area contributed by atoms with Gasteiger partial charge in [0.1, 0.15) is 5.82 Å². The molecule has 0 aliphatic carbocycles.